The van der Waals surface area contributed by atoms with E-state index in [0.29, 0.717) is 32.1 Å². The van der Waals surface area contributed by atoms with Crippen molar-refractivity contribution >= 4 is 26.4 Å². The van der Waals surface area contributed by atoms with Gasteiger partial charge in [-0.25, -0.2) is 4.18 Å². The number of aliphatic hydroxyl groups is 2. The maximum absolute atomic E-state index is 12.2. The van der Waals surface area contributed by atoms with Gasteiger partial charge in [0.05, 0.1) is 24.1 Å². The summed E-state index contributed by atoms with van der Waals surface area (Å²) in [6.45, 7) is 6.18. The van der Waals surface area contributed by atoms with Gasteiger partial charge in [0.25, 0.3) is 10.1 Å². The van der Waals surface area contributed by atoms with Gasteiger partial charge in [0, 0.05) is 13.0 Å². The monoisotopic (exact) mass is 593 g/mol. The summed E-state index contributed by atoms with van der Waals surface area (Å²) in [5, 5.41) is 25.6. The summed E-state index contributed by atoms with van der Waals surface area (Å²) in [5.74, 6) is -0.490. The molecular formula is C26H43NO10S2. The Bertz CT molecular complexity index is 1190. The molecule has 0 unspecified atom stereocenters. The van der Waals surface area contributed by atoms with Crippen LogP contribution in [-0.2, 0) is 29.5 Å². The SMILES string of the molecule is C[C@H](CCC(=O)NCCS(=O)(=O)O)[C@H]1CC[C@H]2[C@@H]3[C@H](O)C=C4C[C@@H](OS(=O)(=O)O)CC[C@]4(C)[C@H]3C[C@H](O)[C@]12C. The van der Waals surface area contributed by atoms with E-state index in [1.807, 2.05) is 6.08 Å². The smallest absolute Gasteiger partial charge is 0.393 e. The number of fused-ring (bicyclic) bond motifs is 5. The Labute approximate surface area is 231 Å². The van der Waals surface area contributed by atoms with Crippen LogP contribution in [0.4, 0.5) is 0 Å². The average molecular weight is 594 g/mol. The Kier molecular flexibility index (Phi) is 8.67. The molecule has 0 heterocycles. The predicted octanol–water partition coefficient (Wildman–Crippen LogP) is 2.12. The zero-order chi connectivity index (χ0) is 29.0. The fourth-order valence-corrected chi connectivity index (χ4v) is 9.64. The lowest BCUT2D eigenvalue weighted by atomic mass is 9.45. The molecule has 11 nitrogen and oxygen atoms in total. The molecule has 3 fully saturated rings. The second kappa shape index (κ2) is 11.0. The number of hydrogen-bond donors (Lipinski definition) is 5. The van der Waals surface area contributed by atoms with Crippen molar-refractivity contribution in [2.75, 3.05) is 12.3 Å². The molecule has 39 heavy (non-hydrogen) atoms. The van der Waals surface area contributed by atoms with E-state index in [9.17, 15) is 31.8 Å². The van der Waals surface area contributed by atoms with E-state index in [1.165, 1.54) is 0 Å². The highest BCUT2D eigenvalue weighted by molar-refractivity contribution is 7.85. The van der Waals surface area contributed by atoms with Gasteiger partial charge >= 0.3 is 10.4 Å². The Balaban J connectivity index is 1.46. The number of amides is 1. The van der Waals surface area contributed by atoms with Crippen LogP contribution in [0, 0.1) is 40.4 Å². The molecule has 0 spiro atoms. The lowest BCUT2D eigenvalue weighted by Crippen LogP contribution is -2.59. The van der Waals surface area contributed by atoms with Gasteiger partial charge in [-0.05, 0) is 85.4 Å². The van der Waals surface area contributed by atoms with Crippen molar-refractivity contribution in [2.24, 2.45) is 40.4 Å². The molecule has 0 bridgehead atoms. The van der Waals surface area contributed by atoms with Gasteiger partial charge in [-0.15, -0.1) is 0 Å². The highest BCUT2D eigenvalue weighted by atomic mass is 32.3. The largest absolute Gasteiger partial charge is 0.397 e. The number of hydrogen-bond acceptors (Lipinski definition) is 8. The number of carbonyl (C=O) groups is 1. The molecule has 224 valence electrons. The molecule has 0 aromatic carbocycles. The third kappa shape index (κ3) is 6.24. The summed E-state index contributed by atoms with van der Waals surface area (Å²) in [7, 11) is -8.71. The van der Waals surface area contributed by atoms with Gasteiger partial charge in [-0.3, -0.25) is 13.9 Å². The molecule has 0 aromatic heterocycles. The number of aliphatic hydroxyl groups excluding tert-OH is 2. The first-order valence-electron chi connectivity index (χ1n) is 13.9. The maximum Gasteiger partial charge on any atom is 0.397 e. The minimum atomic E-state index is -4.57. The highest BCUT2D eigenvalue weighted by Gasteiger charge is 2.64. The minimum absolute atomic E-state index is 0.0231. The van der Waals surface area contributed by atoms with E-state index in [-0.39, 0.29) is 53.9 Å². The third-order valence-corrected chi connectivity index (χ3v) is 12.0. The van der Waals surface area contributed by atoms with Crippen molar-refractivity contribution in [3.63, 3.8) is 0 Å². The fraction of sp³-hybridized carbons (Fsp3) is 0.885. The molecule has 0 aliphatic heterocycles. The minimum Gasteiger partial charge on any atom is -0.393 e. The zero-order valence-corrected chi connectivity index (χ0v) is 24.5. The fourth-order valence-electron chi connectivity index (χ4n) is 8.77. The van der Waals surface area contributed by atoms with Gasteiger partial charge in [0.2, 0.25) is 5.91 Å². The summed E-state index contributed by atoms with van der Waals surface area (Å²) in [5.41, 5.74) is 0.181. The number of rotatable bonds is 9. The quantitative estimate of drug-likeness (QED) is 0.196. The Morgan fingerprint density at radius 2 is 1.82 bits per heavy atom. The molecule has 0 aromatic rings. The molecule has 13 heteroatoms. The first-order chi connectivity index (χ1) is 18.0. The van der Waals surface area contributed by atoms with Crippen LogP contribution in [0.1, 0.15) is 72.1 Å². The second-order valence-corrected chi connectivity index (χ2v) is 15.4. The van der Waals surface area contributed by atoms with Crippen LogP contribution in [0.2, 0.25) is 0 Å². The Morgan fingerprint density at radius 1 is 1.13 bits per heavy atom. The Morgan fingerprint density at radius 3 is 2.46 bits per heavy atom. The van der Waals surface area contributed by atoms with Gasteiger partial charge in [-0.2, -0.15) is 16.8 Å². The lowest BCUT2D eigenvalue weighted by Gasteiger charge is -2.61. The molecule has 0 radical (unpaired) electrons. The molecule has 0 saturated heterocycles. The Hall–Kier alpha value is -1.09. The van der Waals surface area contributed by atoms with Crippen LogP contribution in [0.25, 0.3) is 0 Å². The first kappa shape index (κ1) is 30.9. The molecule has 1 amide bonds. The van der Waals surface area contributed by atoms with Crippen LogP contribution in [-0.4, -0.2) is 72.7 Å². The predicted molar refractivity (Wildman–Crippen MR) is 142 cm³/mol. The van der Waals surface area contributed by atoms with E-state index < -0.39 is 50.0 Å². The van der Waals surface area contributed by atoms with Crippen LogP contribution < -0.4 is 5.32 Å². The molecular weight excluding hydrogens is 550 g/mol. The molecule has 4 rings (SSSR count). The van der Waals surface area contributed by atoms with E-state index in [0.717, 1.165) is 18.4 Å². The van der Waals surface area contributed by atoms with Crippen molar-refractivity contribution in [3.05, 3.63) is 11.6 Å². The third-order valence-electron chi connectivity index (χ3n) is 10.7. The standard InChI is InChI=1S/C26H43NO10S2/c1-15(4-7-23(30)27-10-11-38(31,32)33)18-5-6-19-24-20(14-22(29)26(18,19)3)25(2)9-8-17(37-39(34,35)36)12-16(25)13-21(24)28/h13,15,17-22,24,28-29H,4-12,14H2,1-3H3,(H,27,30)(H,31,32,33)(H,34,35,36)/t15-,17+,18-,19+,20+,21-,22+,24+,25+,26-/m1/s1. The van der Waals surface area contributed by atoms with Crippen molar-refractivity contribution in [2.45, 2.75) is 90.4 Å². The molecule has 4 aliphatic carbocycles. The second-order valence-electron chi connectivity index (χ2n) is 12.7. The molecule has 10 atom stereocenters. The summed E-state index contributed by atoms with van der Waals surface area (Å²) < 4.78 is 67.1. The van der Waals surface area contributed by atoms with Crippen molar-refractivity contribution in [1.82, 2.24) is 5.32 Å². The molecule has 4 aliphatic rings. The molecule has 3 saturated carbocycles. The van der Waals surface area contributed by atoms with Crippen LogP contribution >= 0.6 is 0 Å². The van der Waals surface area contributed by atoms with Gasteiger partial charge in [-0.1, -0.05) is 32.4 Å². The van der Waals surface area contributed by atoms with E-state index >= 15 is 0 Å². The van der Waals surface area contributed by atoms with Crippen molar-refractivity contribution in [3.8, 4) is 0 Å². The summed E-state index contributed by atoms with van der Waals surface area (Å²) in [6, 6.07) is 0. The summed E-state index contributed by atoms with van der Waals surface area (Å²) in [4.78, 5) is 12.2. The summed E-state index contributed by atoms with van der Waals surface area (Å²) >= 11 is 0. The van der Waals surface area contributed by atoms with E-state index in [2.05, 4.69) is 26.1 Å². The van der Waals surface area contributed by atoms with Gasteiger partial charge in [0.1, 0.15) is 0 Å². The maximum atomic E-state index is 12.2. The average Bonchev–Trinajstić information content (AvgIpc) is 3.16. The number of nitrogens with one attached hydrogen (secondary N) is 1. The van der Waals surface area contributed by atoms with Crippen LogP contribution in [0.3, 0.4) is 0 Å². The van der Waals surface area contributed by atoms with E-state index in [4.69, 9.17) is 13.3 Å². The normalized spacial score (nSPS) is 41.1. The zero-order valence-electron chi connectivity index (χ0n) is 22.8. The lowest BCUT2D eigenvalue weighted by molar-refractivity contribution is -0.157. The van der Waals surface area contributed by atoms with E-state index in [1.54, 1.807) is 0 Å². The van der Waals surface area contributed by atoms with Crippen molar-refractivity contribution < 1.29 is 45.1 Å². The topological polar surface area (TPSA) is 188 Å². The molecule has 5 N–H and O–H groups in total. The first-order valence-corrected chi connectivity index (χ1v) is 16.9. The summed E-state index contributed by atoms with van der Waals surface area (Å²) in [6.07, 6.45) is 4.28. The van der Waals surface area contributed by atoms with Crippen LogP contribution in [0.5, 0.6) is 0 Å². The van der Waals surface area contributed by atoms with Crippen molar-refractivity contribution in [1.29, 1.82) is 0 Å². The van der Waals surface area contributed by atoms with Gasteiger partial charge < -0.3 is 15.5 Å². The highest BCUT2D eigenvalue weighted by Crippen LogP contribution is 2.67. The van der Waals surface area contributed by atoms with Crippen LogP contribution in [0.15, 0.2) is 11.6 Å². The number of carbonyl (C=O) groups excluding carboxylic acids is 1. The van der Waals surface area contributed by atoms with Gasteiger partial charge in [0.15, 0.2) is 0 Å².